The molecule has 1 unspecified atom stereocenters. The van der Waals surface area contributed by atoms with Gasteiger partial charge in [-0.05, 0) is 43.9 Å². The van der Waals surface area contributed by atoms with Gasteiger partial charge in [0, 0.05) is 37.0 Å². The van der Waals surface area contributed by atoms with E-state index in [0.717, 1.165) is 19.4 Å². The Morgan fingerprint density at radius 3 is 2.56 bits per heavy atom. The van der Waals surface area contributed by atoms with Gasteiger partial charge in [-0.2, -0.15) is 0 Å². The minimum absolute atomic E-state index is 0.120. The van der Waals surface area contributed by atoms with Crippen molar-refractivity contribution in [3.63, 3.8) is 0 Å². The minimum atomic E-state index is -0.377. The predicted octanol–water partition coefficient (Wildman–Crippen LogP) is 2.85. The van der Waals surface area contributed by atoms with Gasteiger partial charge >= 0.3 is 0 Å². The molecule has 6 heteroatoms. The second kappa shape index (κ2) is 10.4. The number of ether oxygens (including phenoxy) is 1. The minimum Gasteiger partial charge on any atom is -0.368 e. The lowest BCUT2D eigenvalue weighted by atomic mass is 10.1. The van der Waals surface area contributed by atoms with Crippen LogP contribution in [-0.2, 0) is 9.53 Å². The van der Waals surface area contributed by atoms with E-state index in [9.17, 15) is 9.59 Å². The molecule has 0 bridgehead atoms. The van der Waals surface area contributed by atoms with Gasteiger partial charge < -0.3 is 20.7 Å². The highest BCUT2D eigenvalue weighted by Crippen LogP contribution is 2.17. The molecule has 1 atom stereocenters. The first-order chi connectivity index (χ1) is 13.2. The molecular formula is C21H31N3O3. The van der Waals surface area contributed by atoms with Gasteiger partial charge in [-0.15, -0.1) is 0 Å². The normalized spacial score (nSPS) is 20.8. The van der Waals surface area contributed by atoms with Crippen LogP contribution in [0, 0.1) is 0 Å². The Morgan fingerprint density at radius 2 is 1.81 bits per heavy atom. The summed E-state index contributed by atoms with van der Waals surface area (Å²) in [6.45, 7) is 2.02. The first kappa shape index (κ1) is 19.8. The van der Waals surface area contributed by atoms with E-state index < -0.39 is 0 Å². The SMILES string of the molecule is O=C(NCCNC1CCCCCC1)c1cccc(NC(=O)C2CCCO2)c1. The van der Waals surface area contributed by atoms with Gasteiger partial charge in [-0.1, -0.05) is 31.7 Å². The molecule has 3 N–H and O–H groups in total. The van der Waals surface area contributed by atoms with Crippen molar-refractivity contribution in [2.45, 2.75) is 63.5 Å². The number of hydrogen-bond donors (Lipinski definition) is 3. The summed E-state index contributed by atoms with van der Waals surface area (Å²) in [5, 5.41) is 9.34. The first-order valence-electron chi connectivity index (χ1n) is 10.3. The lowest BCUT2D eigenvalue weighted by Crippen LogP contribution is -2.36. The Balaban J connectivity index is 1.42. The zero-order valence-electron chi connectivity index (χ0n) is 16.0. The molecule has 2 amide bonds. The van der Waals surface area contributed by atoms with Crippen LogP contribution in [0.15, 0.2) is 24.3 Å². The fourth-order valence-electron chi connectivity index (χ4n) is 3.78. The lowest BCUT2D eigenvalue weighted by Gasteiger charge is -2.16. The molecule has 6 nitrogen and oxygen atoms in total. The number of carbonyl (C=O) groups excluding carboxylic acids is 2. The van der Waals surface area contributed by atoms with Crippen LogP contribution in [0.5, 0.6) is 0 Å². The van der Waals surface area contributed by atoms with Crippen LogP contribution in [0.2, 0.25) is 0 Å². The fourth-order valence-corrected chi connectivity index (χ4v) is 3.78. The highest BCUT2D eigenvalue weighted by atomic mass is 16.5. The number of carbonyl (C=O) groups is 2. The van der Waals surface area contributed by atoms with E-state index in [2.05, 4.69) is 16.0 Å². The van der Waals surface area contributed by atoms with Gasteiger partial charge in [-0.25, -0.2) is 0 Å². The summed E-state index contributed by atoms with van der Waals surface area (Å²) in [6, 6.07) is 7.62. The zero-order chi connectivity index (χ0) is 18.9. The molecule has 2 aliphatic rings. The van der Waals surface area contributed by atoms with Crippen LogP contribution in [-0.4, -0.2) is 43.7 Å². The first-order valence-corrected chi connectivity index (χ1v) is 10.3. The molecule has 0 aromatic heterocycles. The summed E-state index contributed by atoms with van der Waals surface area (Å²) in [6.07, 6.45) is 9.04. The van der Waals surface area contributed by atoms with Crippen LogP contribution in [0.4, 0.5) is 5.69 Å². The van der Waals surface area contributed by atoms with Crippen molar-refractivity contribution in [2.75, 3.05) is 25.0 Å². The molecule has 1 heterocycles. The Kier molecular flexibility index (Phi) is 7.66. The number of nitrogens with one attached hydrogen (secondary N) is 3. The third kappa shape index (κ3) is 6.33. The van der Waals surface area contributed by atoms with Crippen molar-refractivity contribution in [3.8, 4) is 0 Å². The number of benzene rings is 1. The van der Waals surface area contributed by atoms with Crippen LogP contribution in [0.3, 0.4) is 0 Å². The smallest absolute Gasteiger partial charge is 0.253 e. The molecule has 0 spiro atoms. The molecular weight excluding hydrogens is 342 g/mol. The Morgan fingerprint density at radius 1 is 1.00 bits per heavy atom. The summed E-state index contributed by atoms with van der Waals surface area (Å²) in [4.78, 5) is 24.5. The summed E-state index contributed by atoms with van der Waals surface area (Å²) >= 11 is 0. The van der Waals surface area contributed by atoms with Gasteiger partial charge in [0.2, 0.25) is 0 Å². The molecule has 148 valence electrons. The van der Waals surface area contributed by atoms with Crippen molar-refractivity contribution in [1.82, 2.24) is 10.6 Å². The highest BCUT2D eigenvalue weighted by Gasteiger charge is 2.23. The number of anilines is 1. The Hall–Kier alpha value is -1.92. The van der Waals surface area contributed by atoms with Crippen LogP contribution in [0.25, 0.3) is 0 Å². The van der Waals surface area contributed by atoms with Crippen molar-refractivity contribution in [2.24, 2.45) is 0 Å². The predicted molar refractivity (Wildman–Crippen MR) is 106 cm³/mol. The van der Waals surface area contributed by atoms with Gasteiger partial charge in [0.25, 0.3) is 11.8 Å². The van der Waals surface area contributed by atoms with E-state index in [1.54, 1.807) is 24.3 Å². The molecule has 27 heavy (non-hydrogen) atoms. The van der Waals surface area contributed by atoms with Gasteiger partial charge in [-0.3, -0.25) is 9.59 Å². The molecule has 1 aliphatic carbocycles. The highest BCUT2D eigenvalue weighted by molar-refractivity contribution is 5.98. The van der Waals surface area contributed by atoms with Crippen molar-refractivity contribution in [3.05, 3.63) is 29.8 Å². The van der Waals surface area contributed by atoms with Crippen LogP contribution >= 0.6 is 0 Å². The summed E-state index contributed by atoms with van der Waals surface area (Å²) in [5.74, 6) is -0.261. The third-order valence-electron chi connectivity index (χ3n) is 5.31. The van der Waals surface area contributed by atoms with Gasteiger partial charge in [0.15, 0.2) is 0 Å². The van der Waals surface area contributed by atoms with E-state index in [4.69, 9.17) is 4.74 Å². The quantitative estimate of drug-likeness (QED) is 0.507. The molecule has 1 saturated heterocycles. The van der Waals surface area contributed by atoms with Crippen LogP contribution < -0.4 is 16.0 Å². The van der Waals surface area contributed by atoms with E-state index in [1.807, 2.05) is 0 Å². The van der Waals surface area contributed by atoms with Gasteiger partial charge in [0.05, 0.1) is 0 Å². The molecule has 0 radical (unpaired) electrons. The maximum absolute atomic E-state index is 12.4. The second-order valence-electron chi connectivity index (χ2n) is 7.47. The average Bonchev–Trinajstić information content (AvgIpc) is 3.10. The molecule has 1 aromatic carbocycles. The largest absolute Gasteiger partial charge is 0.368 e. The lowest BCUT2D eigenvalue weighted by molar-refractivity contribution is -0.124. The molecule has 2 fully saturated rings. The van der Waals surface area contributed by atoms with Crippen molar-refractivity contribution < 1.29 is 14.3 Å². The van der Waals surface area contributed by atoms with Gasteiger partial charge in [0.1, 0.15) is 6.10 Å². The fraction of sp³-hybridized carbons (Fsp3) is 0.619. The summed E-state index contributed by atoms with van der Waals surface area (Å²) < 4.78 is 5.39. The monoisotopic (exact) mass is 373 g/mol. The van der Waals surface area contributed by atoms with Crippen molar-refractivity contribution >= 4 is 17.5 Å². The number of amides is 2. The Bertz CT molecular complexity index is 621. The van der Waals surface area contributed by atoms with E-state index in [-0.39, 0.29) is 17.9 Å². The molecule has 3 rings (SSSR count). The molecule has 1 aromatic rings. The summed E-state index contributed by atoms with van der Waals surface area (Å²) in [5.41, 5.74) is 1.18. The van der Waals surface area contributed by atoms with E-state index in [1.165, 1.54) is 38.5 Å². The number of hydrogen-bond acceptors (Lipinski definition) is 4. The van der Waals surface area contributed by atoms with Crippen molar-refractivity contribution in [1.29, 1.82) is 0 Å². The van der Waals surface area contributed by atoms with E-state index in [0.29, 0.717) is 30.4 Å². The third-order valence-corrected chi connectivity index (χ3v) is 5.31. The average molecular weight is 373 g/mol. The Labute approximate surface area is 161 Å². The van der Waals surface area contributed by atoms with E-state index >= 15 is 0 Å². The standard InChI is InChI=1S/C21H31N3O3/c25-20(23-13-12-22-17-8-3-1-2-4-9-17)16-7-5-10-18(15-16)24-21(26)19-11-6-14-27-19/h5,7,10,15,17,19,22H,1-4,6,8-9,11-14H2,(H,23,25)(H,24,26). The summed E-state index contributed by atoms with van der Waals surface area (Å²) in [7, 11) is 0. The topological polar surface area (TPSA) is 79.5 Å². The maximum Gasteiger partial charge on any atom is 0.253 e. The molecule has 1 saturated carbocycles. The zero-order valence-corrected chi connectivity index (χ0v) is 16.0. The second-order valence-corrected chi connectivity index (χ2v) is 7.47. The van der Waals surface area contributed by atoms with Crippen LogP contribution in [0.1, 0.15) is 61.7 Å². The number of rotatable bonds is 7. The maximum atomic E-state index is 12.4. The molecule has 1 aliphatic heterocycles.